The number of aromatic amines is 1. The highest BCUT2D eigenvalue weighted by molar-refractivity contribution is 6.33. The summed E-state index contributed by atoms with van der Waals surface area (Å²) >= 11 is 6.19. The van der Waals surface area contributed by atoms with Crippen molar-refractivity contribution in [2.24, 2.45) is 0 Å². The topological polar surface area (TPSA) is 36.1 Å². The summed E-state index contributed by atoms with van der Waals surface area (Å²) in [6, 6.07) is 13.9. The average Bonchev–Trinajstić information content (AvgIpc) is 2.98. The number of aryl methyl sites for hydroxylation is 2. The van der Waals surface area contributed by atoms with Gasteiger partial charge in [0.15, 0.2) is 0 Å². The summed E-state index contributed by atoms with van der Waals surface area (Å²) in [5.41, 5.74) is 5.77. The van der Waals surface area contributed by atoms with Crippen LogP contribution in [0.4, 0.5) is 0 Å². The molecule has 0 aliphatic carbocycles. The molecule has 1 aliphatic heterocycles. The van der Waals surface area contributed by atoms with Gasteiger partial charge in [0.25, 0.3) is 5.91 Å². The molecule has 2 heterocycles. The quantitative estimate of drug-likeness (QED) is 0.642. The molecule has 1 N–H and O–H groups in total. The average molecular weight is 367 g/mol. The van der Waals surface area contributed by atoms with Gasteiger partial charge in [0.05, 0.1) is 10.6 Å². The van der Waals surface area contributed by atoms with Gasteiger partial charge >= 0.3 is 0 Å². The van der Waals surface area contributed by atoms with E-state index in [4.69, 9.17) is 11.6 Å². The Kier molecular flexibility index (Phi) is 4.49. The van der Waals surface area contributed by atoms with E-state index in [1.165, 1.54) is 27.7 Å². The Morgan fingerprint density at radius 2 is 1.85 bits per heavy atom. The molecule has 2 aromatic carbocycles. The van der Waals surface area contributed by atoms with E-state index in [0.717, 1.165) is 25.9 Å². The van der Waals surface area contributed by atoms with Crippen LogP contribution in [-0.2, 0) is 0 Å². The number of likely N-dealkylation sites (tertiary alicyclic amines) is 1. The molecule has 0 unspecified atom stereocenters. The summed E-state index contributed by atoms with van der Waals surface area (Å²) in [5, 5.41) is 1.84. The van der Waals surface area contributed by atoms with Crippen LogP contribution in [0.15, 0.2) is 42.5 Å². The highest BCUT2D eigenvalue weighted by Gasteiger charge is 2.27. The second-order valence-corrected chi connectivity index (χ2v) is 7.67. The number of benzene rings is 2. The molecule has 0 radical (unpaired) electrons. The van der Waals surface area contributed by atoms with Gasteiger partial charge in [-0.3, -0.25) is 4.79 Å². The van der Waals surface area contributed by atoms with E-state index >= 15 is 0 Å². The second kappa shape index (κ2) is 6.81. The third-order valence-electron chi connectivity index (χ3n) is 5.55. The molecule has 3 aromatic rings. The van der Waals surface area contributed by atoms with Crippen molar-refractivity contribution in [2.45, 2.75) is 32.6 Å². The first-order chi connectivity index (χ1) is 12.5. The fraction of sp³-hybridized carbons (Fsp3) is 0.318. The Morgan fingerprint density at radius 3 is 2.58 bits per heavy atom. The van der Waals surface area contributed by atoms with E-state index in [9.17, 15) is 4.79 Å². The molecule has 0 spiro atoms. The zero-order valence-electron chi connectivity index (χ0n) is 15.2. The van der Waals surface area contributed by atoms with Crippen molar-refractivity contribution in [3.8, 4) is 0 Å². The molecule has 0 atom stereocenters. The van der Waals surface area contributed by atoms with Crippen molar-refractivity contribution in [1.29, 1.82) is 0 Å². The van der Waals surface area contributed by atoms with Crippen molar-refractivity contribution in [3.05, 3.63) is 69.9 Å². The SMILES string of the molecule is Cc1ccc2[nH]c(C3CCN(C(=O)c4ccccc4Cl)CC3)c(C)c2c1. The van der Waals surface area contributed by atoms with Crippen LogP contribution in [0.25, 0.3) is 10.9 Å². The minimum Gasteiger partial charge on any atom is -0.358 e. The summed E-state index contributed by atoms with van der Waals surface area (Å²) in [6.45, 7) is 5.87. The molecule has 4 rings (SSSR count). The summed E-state index contributed by atoms with van der Waals surface area (Å²) < 4.78 is 0. The summed E-state index contributed by atoms with van der Waals surface area (Å²) in [7, 11) is 0. The first-order valence-corrected chi connectivity index (χ1v) is 9.55. The van der Waals surface area contributed by atoms with E-state index < -0.39 is 0 Å². The lowest BCUT2D eigenvalue weighted by molar-refractivity contribution is 0.0712. The molecule has 1 fully saturated rings. The van der Waals surface area contributed by atoms with Crippen molar-refractivity contribution < 1.29 is 4.79 Å². The van der Waals surface area contributed by atoms with Crippen molar-refractivity contribution in [3.63, 3.8) is 0 Å². The Hall–Kier alpha value is -2.26. The van der Waals surface area contributed by atoms with Crippen LogP contribution in [0, 0.1) is 13.8 Å². The number of piperidine rings is 1. The zero-order chi connectivity index (χ0) is 18.3. The normalized spacial score (nSPS) is 15.6. The van der Waals surface area contributed by atoms with Crippen LogP contribution in [0.2, 0.25) is 5.02 Å². The third-order valence-corrected chi connectivity index (χ3v) is 5.88. The fourth-order valence-corrected chi connectivity index (χ4v) is 4.26. The molecular weight excluding hydrogens is 344 g/mol. The summed E-state index contributed by atoms with van der Waals surface area (Å²) in [5.74, 6) is 0.510. The molecule has 1 aromatic heterocycles. The number of H-pyrrole nitrogens is 1. The maximum Gasteiger partial charge on any atom is 0.255 e. The lowest BCUT2D eigenvalue weighted by Gasteiger charge is -2.32. The van der Waals surface area contributed by atoms with E-state index in [1.807, 2.05) is 17.0 Å². The van der Waals surface area contributed by atoms with E-state index in [0.29, 0.717) is 16.5 Å². The first-order valence-electron chi connectivity index (χ1n) is 9.17. The van der Waals surface area contributed by atoms with Crippen LogP contribution in [0.5, 0.6) is 0 Å². The summed E-state index contributed by atoms with van der Waals surface area (Å²) in [6.07, 6.45) is 1.95. The molecule has 1 saturated heterocycles. The van der Waals surface area contributed by atoms with E-state index in [2.05, 4.69) is 37.0 Å². The van der Waals surface area contributed by atoms with Gasteiger partial charge < -0.3 is 9.88 Å². The van der Waals surface area contributed by atoms with Gasteiger partial charge in [0.2, 0.25) is 0 Å². The number of carbonyl (C=O) groups is 1. The molecular formula is C22H23ClN2O. The Bertz CT molecular complexity index is 967. The highest BCUT2D eigenvalue weighted by atomic mass is 35.5. The first kappa shape index (κ1) is 17.2. The lowest BCUT2D eigenvalue weighted by Crippen LogP contribution is -2.38. The standard InChI is InChI=1S/C22H23ClN2O/c1-14-7-8-20-18(13-14)15(2)21(24-20)16-9-11-25(12-10-16)22(26)17-5-3-4-6-19(17)23/h3-8,13,16,24H,9-12H2,1-2H3. The number of rotatable bonds is 2. The monoisotopic (exact) mass is 366 g/mol. The fourth-order valence-electron chi connectivity index (χ4n) is 4.05. The van der Waals surface area contributed by atoms with Crippen molar-refractivity contribution >= 4 is 28.4 Å². The predicted octanol–water partition coefficient (Wildman–Crippen LogP) is 5.46. The number of amides is 1. The van der Waals surface area contributed by atoms with Crippen LogP contribution in [0.1, 0.15) is 45.9 Å². The van der Waals surface area contributed by atoms with Gasteiger partial charge in [-0.15, -0.1) is 0 Å². The van der Waals surface area contributed by atoms with Crippen LogP contribution in [-0.4, -0.2) is 28.9 Å². The van der Waals surface area contributed by atoms with E-state index in [-0.39, 0.29) is 5.91 Å². The molecule has 0 bridgehead atoms. The van der Waals surface area contributed by atoms with Gasteiger partial charge in [0, 0.05) is 35.6 Å². The number of hydrogen-bond donors (Lipinski definition) is 1. The highest BCUT2D eigenvalue weighted by Crippen LogP contribution is 2.34. The van der Waals surface area contributed by atoms with Crippen molar-refractivity contribution in [2.75, 3.05) is 13.1 Å². The molecule has 134 valence electrons. The lowest BCUT2D eigenvalue weighted by atomic mass is 9.91. The molecule has 4 heteroatoms. The summed E-state index contributed by atoms with van der Waals surface area (Å²) in [4.78, 5) is 18.3. The van der Waals surface area contributed by atoms with Gasteiger partial charge in [-0.25, -0.2) is 0 Å². The number of hydrogen-bond acceptors (Lipinski definition) is 1. The second-order valence-electron chi connectivity index (χ2n) is 7.26. The Balaban J connectivity index is 1.51. The zero-order valence-corrected chi connectivity index (χ0v) is 15.9. The van der Waals surface area contributed by atoms with Gasteiger partial charge in [-0.05, 0) is 56.5 Å². The van der Waals surface area contributed by atoms with Crippen molar-refractivity contribution in [1.82, 2.24) is 9.88 Å². The van der Waals surface area contributed by atoms with Crippen LogP contribution < -0.4 is 0 Å². The number of carbonyl (C=O) groups excluding carboxylic acids is 1. The number of halogens is 1. The predicted molar refractivity (Wildman–Crippen MR) is 107 cm³/mol. The third kappa shape index (κ3) is 3.01. The number of nitrogens with zero attached hydrogens (tertiary/aromatic N) is 1. The van der Waals surface area contributed by atoms with Crippen LogP contribution in [0.3, 0.4) is 0 Å². The number of fused-ring (bicyclic) bond motifs is 1. The molecule has 3 nitrogen and oxygen atoms in total. The van der Waals surface area contributed by atoms with E-state index in [1.54, 1.807) is 12.1 Å². The number of nitrogens with one attached hydrogen (secondary N) is 1. The molecule has 26 heavy (non-hydrogen) atoms. The molecule has 1 amide bonds. The Morgan fingerprint density at radius 1 is 1.12 bits per heavy atom. The van der Waals surface area contributed by atoms with Gasteiger partial charge in [0.1, 0.15) is 0 Å². The number of aromatic nitrogens is 1. The minimum atomic E-state index is 0.0399. The smallest absolute Gasteiger partial charge is 0.255 e. The van der Waals surface area contributed by atoms with Gasteiger partial charge in [-0.2, -0.15) is 0 Å². The molecule has 0 saturated carbocycles. The minimum absolute atomic E-state index is 0.0399. The molecule has 1 aliphatic rings. The largest absolute Gasteiger partial charge is 0.358 e. The maximum atomic E-state index is 12.7. The Labute approximate surface area is 159 Å². The van der Waals surface area contributed by atoms with Crippen LogP contribution >= 0.6 is 11.6 Å². The maximum absolute atomic E-state index is 12.7. The van der Waals surface area contributed by atoms with Gasteiger partial charge in [-0.1, -0.05) is 35.4 Å².